The molecule has 4 N–H and O–H groups in total. The van der Waals surface area contributed by atoms with Gasteiger partial charge in [-0.2, -0.15) is 0 Å². The number of hydrogen-bond acceptors (Lipinski definition) is 5. The minimum atomic E-state index is -0.521. The van der Waals surface area contributed by atoms with Gasteiger partial charge in [-0.05, 0) is 42.8 Å². The molecule has 3 rings (SSSR count). The Morgan fingerprint density at radius 3 is 2.41 bits per heavy atom. The summed E-state index contributed by atoms with van der Waals surface area (Å²) in [5.74, 6) is -0.256. The first-order chi connectivity index (χ1) is 14.0. The van der Waals surface area contributed by atoms with Crippen LogP contribution in [0.3, 0.4) is 0 Å². The second-order valence-electron chi connectivity index (χ2n) is 6.48. The van der Waals surface area contributed by atoms with Gasteiger partial charge in [0.2, 0.25) is 0 Å². The van der Waals surface area contributed by atoms with E-state index in [-0.39, 0.29) is 12.5 Å². The Morgan fingerprint density at radius 2 is 1.72 bits per heavy atom. The van der Waals surface area contributed by atoms with E-state index in [4.69, 9.17) is 10.5 Å². The van der Waals surface area contributed by atoms with Crippen molar-refractivity contribution in [1.82, 2.24) is 10.3 Å². The third kappa shape index (κ3) is 5.80. The van der Waals surface area contributed by atoms with Crippen molar-refractivity contribution in [2.45, 2.75) is 20.1 Å². The van der Waals surface area contributed by atoms with Crippen LogP contribution in [0.25, 0.3) is 0 Å². The van der Waals surface area contributed by atoms with Crippen LogP contribution >= 0.6 is 0 Å². The summed E-state index contributed by atoms with van der Waals surface area (Å²) in [5, 5.41) is 5.45. The van der Waals surface area contributed by atoms with Gasteiger partial charge in [-0.3, -0.25) is 9.78 Å². The number of aryl methyl sites for hydroxylation is 1. The van der Waals surface area contributed by atoms with Crippen molar-refractivity contribution in [1.29, 1.82) is 0 Å². The number of amides is 2. The van der Waals surface area contributed by atoms with Crippen LogP contribution in [0.2, 0.25) is 0 Å². The largest absolute Gasteiger partial charge is 0.445 e. The monoisotopic (exact) mass is 390 g/mol. The molecule has 7 nitrogen and oxygen atoms in total. The zero-order chi connectivity index (χ0) is 20.6. The zero-order valence-electron chi connectivity index (χ0n) is 16.0. The highest BCUT2D eigenvalue weighted by atomic mass is 16.5. The Hall–Kier alpha value is -3.87. The molecule has 0 aliphatic heterocycles. The molecule has 1 aromatic heterocycles. The molecule has 0 aliphatic carbocycles. The molecule has 1 heterocycles. The Labute approximate surface area is 168 Å². The maximum absolute atomic E-state index is 12.3. The van der Waals surface area contributed by atoms with Crippen LogP contribution in [0.1, 0.15) is 27.2 Å². The number of nitrogens with two attached hydrogens (primary N) is 1. The summed E-state index contributed by atoms with van der Waals surface area (Å²) in [7, 11) is 0. The predicted molar refractivity (Wildman–Crippen MR) is 111 cm³/mol. The van der Waals surface area contributed by atoms with Crippen molar-refractivity contribution in [3.05, 3.63) is 89.2 Å². The topological polar surface area (TPSA) is 106 Å². The highest BCUT2D eigenvalue weighted by Crippen LogP contribution is 2.18. The summed E-state index contributed by atoms with van der Waals surface area (Å²) in [5.41, 5.74) is 9.96. The molecule has 7 heteroatoms. The number of rotatable bonds is 6. The Bertz CT molecular complexity index is 986. The predicted octanol–water partition coefficient (Wildman–Crippen LogP) is 3.65. The molecule has 0 saturated heterocycles. The van der Waals surface area contributed by atoms with Gasteiger partial charge in [0, 0.05) is 29.6 Å². The number of alkyl carbamates (subject to hydrolysis) is 1. The zero-order valence-corrected chi connectivity index (χ0v) is 16.0. The van der Waals surface area contributed by atoms with E-state index in [1.165, 1.54) is 0 Å². The molecule has 0 bridgehead atoms. The third-order valence-electron chi connectivity index (χ3n) is 4.20. The van der Waals surface area contributed by atoms with Crippen molar-refractivity contribution < 1.29 is 14.3 Å². The Morgan fingerprint density at radius 1 is 1.00 bits per heavy atom. The fourth-order valence-corrected chi connectivity index (χ4v) is 2.54. The van der Waals surface area contributed by atoms with E-state index >= 15 is 0 Å². The van der Waals surface area contributed by atoms with E-state index in [2.05, 4.69) is 15.6 Å². The van der Waals surface area contributed by atoms with Crippen LogP contribution in [0.5, 0.6) is 0 Å². The van der Waals surface area contributed by atoms with Gasteiger partial charge >= 0.3 is 6.09 Å². The van der Waals surface area contributed by atoms with E-state index in [1.807, 2.05) is 19.1 Å². The average Bonchev–Trinajstić information content (AvgIpc) is 2.74. The van der Waals surface area contributed by atoms with Crippen LogP contribution < -0.4 is 16.4 Å². The molecule has 0 unspecified atom stereocenters. The third-order valence-corrected chi connectivity index (χ3v) is 4.20. The number of benzene rings is 2. The quantitative estimate of drug-likeness (QED) is 0.557. The normalized spacial score (nSPS) is 10.2. The lowest BCUT2D eigenvalue weighted by atomic mass is 10.1. The maximum Gasteiger partial charge on any atom is 0.407 e. The minimum absolute atomic E-state index is 0.154. The fraction of sp³-hybridized carbons (Fsp3) is 0.136. The Balaban J connectivity index is 1.47. The Kier molecular flexibility index (Phi) is 6.42. The van der Waals surface area contributed by atoms with Crippen LogP contribution in [-0.2, 0) is 17.9 Å². The second-order valence-corrected chi connectivity index (χ2v) is 6.48. The van der Waals surface area contributed by atoms with Crippen molar-refractivity contribution in [2.75, 3.05) is 11.1 Å². The minimum Gasteiger partial charge on any atom is -0.445 e. The van der Waals surface area contributed by atoms with Gasteiger partial charge in [-0.1, -0.05) is 30.3 Å². The van der Waals surface area contributed by atoms with E-state index in [0.717, 1.165) is 16.8 Å². The number of nitrogen functional groups attached to an aromatic ring is 1. The second kappa shape index (κ2) is 9.36. The van der Waals surface area contributed by atoms with Gasteiger partial charge < -0.3 is 21.1 Å². The SMILES string of the molecule is Cc1ccc(COC(=O)NCc2ccc(C(=O)Nc3ccccc3N)cc2)cn1. The summed E-state index contributed by atoms with van der Waals surface area (Å²) in [4.78, 5) is 28.3. The standard InChI is InChI=1S/C22H22N4O3/c1-15-6-7-17(13-24-15)14-29-22(28)25-12-16-8-10-18(11-9-16)21(27)26-20-5-3-2-4-19(20)23/h2-11,13H,12,14,23H2,1H3,(H,25,28)(H,26,27). The smallest absolute Gasteiger partial charge is 0.407 e. The summed E-state index contributed by atoms with van der Waals surface area (Å²) in [6.07, 6.45) is 1.15. The van der Waals surface area contributed by atoms with Crippen LogP contribution in [0, 0.1) is 6.92 Å². The van der Waals surface area contributed by atoms with Gasteiger partial charge in [-0.25, -0.2) is 4.79 Å². The molecule has 2 aromatic carbocycles. The van der Waals surface area contributed by atoms with E-state index in [9.17, 15) is 9.59 Å². The maximum atomic E-state index is 12.3. The molecular weight excluding hydrogens is 368 g/mol. The van der Waals surface area contributed by atoms with Crippen molar-refractivity contribution in [2.24, 2.45) is 0 Å². The first-order valence-electron chi connectivity index (χ1n) is 9.08. The van der Waals surface area contributed by atoms with Gasteiger partial charge in [0.1, 0.15) is 6.61 Å². The molecule has 0 fully saturated rings. The van der Waals surface area contributed by atoms with Gasteiger partial charge in [-0.15, -0.1) is 0 Å². The molecule has 3 aromatic rings. The number of anilines is 2. The molecule has 0 spiro atoms. The molecule has 0 atom stereocenters. The van der Waals surface area contributed by atoms with Gasteiger partial charge in [0.15, 0.2) is 0 Å². The van der Waals surface area contributed by atoms with Crippen LogP contribution in [0.4, 0.5) is 16.2 Å². The molecule has 0 aliphatic rings. The van der Waals surface area contributed by atoms with Crippen LogP contribution in [0.15, 0.2) is 66.9 Å². The highest BCUT2D eigenvalue weighted by molar-refractivity contribution is 6.05. The molecule has 2 amide bonds. The first-order valence-corrected chi connectivity index (χ1v) is 9.08. The molecule has 148 valence electrons. The number of nitrogens with zero attached hydrogens (tertiary/aromatic N) is 1. The highest BCUT2D eigenvalue weighted by Gasteiger charge is 2.08. The number of ether oxygens (including phenoxy) is 1. The summed E-state index contributed by atoms with van der Waals surface area (Å²) >= 11 is 0. The number of carbonyl (C=O) groups is 2. The molecule has 29 heavy (non-hydrogen) atoms. The number of pyridine rings is 1. The first kappa shape index (κ1) is 19.9. The van der Waals surface area contributed by atoms with Gasteiger partial charge in [0.05, 0.1) is 11.4 Å². The lowest BCUT2D eigenvalue weighted by molar-refractivity contribution is 0.102. The lowest BCUT2D eigenvalue weighted by Gasteiger charge is -2.09. The average molecular weight is 390 g/mol. The van der Waals surface area contributed by atoms with E-state index in [0.29, 0.717) is 23.5 Å². The summed E-state index contributed by atoms with van der Waals surface area (Å²) in [6, 6.07) is 17.7. The molecular formula is C22H22N4O3. The number of hydrogen-bond donors (Lipinski definition) is 3. The van der Waals surface area contributed by atoms with Crippen molar-refractivity contribution in [3.63, 3.8) is 0 Å². The van der Waals surface area contributed by atoms with Crippen molar-refractivity contribution >= 4 is 23.4 Å². The molecule has 0 radical (unpaired) electrons. The fourth-order valence-electron chi connectivity index (χ4n) is 2.54. The summed E-state index contributed by atoms with van der Waals surface area (Å²) < 4.78 is 5.16. The van der Waals surface area contributed by atoms with E-state index < -0.39 is 6.09 Å². The number of nitrogens with one attached hydrogen (secondary N) is 2. The van der Waals surface area contributed by atoms with E-state index in [1.54, 1.807) is 54.7 Å². The lowest BCUT2D eigenvalue weighted by Crippen LogP contribution is -2.23. The molecule has 0 saturated carbocycles. The number of aromatic nitrogens is 1. The number of carbonyl (C=O) groups excluding carboxylic acids is 2. The number of para-hydroxylation sites is 2. The van der Waals surface area contributed by atoms with Crippen LogP contribution in [-0.4, -0.2) is 17.0 Å². The summed E-state index contributed by atoms with van der Waals surface area (Å²) in [6.45, 7) is 2.34. The van der Waals surface area contributed by atoms with Crippen molar-refractivity contribution in [3.8, 4) is 0 Å². The van der Waals surface area contributed by atoms with Gasteiger partial charge in [0.25, 0.3) is 5.91 Å².